The van der Waals surface area contributed by atoms with E-state index in [2.05, 4.69) is 13.0 Å². The van der Waals surface area contributed by atoms with Gasteiger partial charge in [-0.3, -0.25) is 4.79 Å². The second-order valence-corrected chi connectivity index (χ2v) is 4.29. The standard InChI is InChI=1S/C12H15NO/c1-8-3-5-10-9(7-8)4-6-11(14)12(10,2)13/h3,5,7H,4,6,13H2,1-2H3. The monoisotopic (exact) mass is 189 g/mol. The van der Waals surface area contributed by atoms with Crippen LogP contribution in [0.2, 0.25) is 0 Å². The topological polar surface area (TPSA) is 43.1 Å². The quantitative estimate of drug-likeness (QED) is 0.674. The van der Waals surface area contributed by atoms with Crippen molar-refractivity contribution in [1.82, 2.24) is 0 Å². The summed E-state index contributed by atoms with van der Waals surface area (Å²) >= 11 is 0. The molecular weight excluding hydrogens is 174 g/mol. The molecule has 0 radical (unpaired) electrons. The number of hydrogen-bond acceptors (Lipinski definition) is 2. The molecule has 0 fully saturated rings. The van der Waals surface area contributed by atoms with E-state index < -0.39 is 5.54 Å². The van der Waals surface area contributed by atoms with Crippen LogP contribution in [0, 0.1) is 6.92 Å². The number of ketones is 1. The van der Waals surface area contributed by atoms with E-state index >= 15 is 0 Å². The summed E-state index contributed by atoms with van der Waals surface area (Å²) < 4.78 is 0. The second kappa shape index (κ2) is 2.92. The smallest absolute Gasteiger partial charge is 0.157 e. The van der Waals surface area contributed by atoms with Crippen molar-refractivity contribution in [3.63, 3.8) is 0 Å². The van der Waals surface area contributed by atoms with Gasteiger partial charge in [0.2, 0.25) is 0 Å². The molecule has 74 valence electrons. The zero-order valence-corrected chi connectivity index (χ0v) is 8.63. The normalized spacial score (nSPS) is 26.1. The van der Waals surface area contributed by atoms with Crippen LogP contribution < -0.4 is 5.73 Å². The van der Waals surface area contributed by atoms with Gasteiger partial charge in [0.05, 0.1) is 5.54 Å². The van der Waals surface area contributed by atoms with Gasteiger partial charge in [0.25, 0.3) is 0 Å². The fourth-order valence-corrected chi connectivity index (χ4v) is 2.09. The number of aryl methyl sites for hydroxylation is 2. The number of hydrogen-bond donors (Lipinski definition) is 1. The molecule has 1 aromatic rings. The maximum atomic E-state index is 11.6. The van der Waals surface area contributed by atoms with E-state index in [-0.39, 0.29) is 5.78 Å². The molecule has 2 N–H and O–H groups in total. The SMILES string of the molecule is Cc1ccc2c(c1)CCC(=O)C2(C)N. The van der Waals surface area contributed by atoms with Crippen molar-refractivity contribution in [2.24, 2.45) is 5.73 Å². The molecule has 0 spiro atoms. The molecule has 0 saturated carbocycles. The van der Waals surface area contributed by atoms with Gasteiger partial charge >= 0.3 is 0 Å². The van der Waals surface area contributed by atoms with Crippen LogP contribution in [0.4, 0.5) is 0 Å². The number of carbonyl (C=O) groups is 1. The lowest BCUT2D eigenvalue weighted by molar-refractivity contribution is -0.124. The molecule has 2 nitrogen and oxygen atoms in total. The van der Waals surface area contributed by atoms with Crippen molar-refractivity contribution < 1.29 is 4.79 Å². The highest BCUT2D eigenvalue weighted by atomic mass is 16.1. The Bertz CT molecular complexity index is 393. The van der Waals surface area contributed by atoms with Gasteiger partial charge in [-0.1, -0.05) is 23.8 Å². The van der Waals surface area contributed by atoms with Gasteiger partial charge in [0.1, 0.15) is 0 Å². The Balaban J connectivity index is 2.59. The molecule has 0 aromatic heterocycles. The van der Waals surface area contributed by atoms with Crippen LogP contribution in [0.1, 0.15) is 30.0 Å². The predicted octanol–water partition coefficient (Wildman–Crippen LogP) is 1.68. The molecule has 0 aliphatic heterocycles. The van der Waals surface area contributed by atoms with Gasteiger partial charge < -0.3 is 5.73 Å². The third-order valence-electron chi connectivity index (χ3n) is 3.02. The first kappa shape index (κ1) is 9.41. The Hall–Kier alpha value is -1.15. The lowest BCUT2D eigenvalue weighted by atomic mass is 9.77. The van der Waals surface area contributed by atoms with Crippen LogP contribution in [0.15, 0.2) is 18.2 Å². The van der Waals surface area contributed by atoms with Gasteiger partial charge in [0.15, 0.2) is 5.78 Å². The summed E-state index contributed by atoms with van der Waals surface area (Å²) in [5, 5.41) is 0. The highest BCUT2D eigenvalue weighted by molar-refractivity contribution is 5.91. The average Bonchev–Trinajstić information content (AvgIpc) is 2.12. The fourth-order valence-electron chi connectivity index (χ4n) is 2.09. The van der Waals surface area contributed by atoms with Crippen LogP contribution in [0.5, 0.6) is 0 Å². The van der Waals surface area contributed by atoms with Crippen molar-refractivity contribution >= 4 is 5.78 Å². The molecule has 1 aliphatic carbocycles. The molecule has 1 aromatic carbocycles. The van der Waals surface area contributed by atoms with E-state index in [0.29, 0.717) is 6.42 Å². The Morgan fingerprint density at radius 3 is 2.79 bits per heavy atom. The first-order valence-electron chi connectivity index (χ1n) is 4.94. The maximum absolute atomic E-state index is 11.6. The second-order valence-electron chi connectivity index (χ2n) is 4.29. The highest BCUT2D eigenvalue weighted by Crippen LogP contribution is 2.30. The first-order chi connectivity index (χ1) is 6.51. The summed E-state index contributed by atoms with van der Waals surface area (Å²) in [6.07, 6.45) is 1.41. The van der Waals surface area contributed by atoms with Gasteiger partial charge in [-0.15, -0.1) is 0 Å². The molecule has 0 heterocycles. The third kappa shape index (κ3) is 1.26. The minimum atomic E-state index is -0.777. The zero-order valence-electron chi connectivity index (χ0n) is 8.63. The summed E-state index contributed by atoms with van der Waals surface area (Å²) in [7, 11) is 0. The minimum Gasteiger partial charge on any atom is -0.315 e. The van der Waals surface area contributed by atoms with E-state index in [4.69, 9.17) is 5.73 Å². The summed E-state index contributed by atoms with van der Waals surface area (Å²) in [4.78, 5) is 11.6. The summed E-state index contributed by atoms with van der Waals surface area (Å²) in [6.45, 7) is 3.87. The number of rotatable bonds is 0. The lowest BCUT2D eigenvalue weighted by Crippen LogP contribution is -2.45. The van der Waals surface area contributed by atoms with Crippen LogP contribution in [0.3, 0.4) is 0 Å². The highest BCUT2D eigenvalue weighted by Gasteiger charge is 2.35. The molecule has 1 atom stereocenters. The number of Topliss-reactive ketones (excluding diaryl/α,β-unsaturated/α-hetero) is 1. The summed E-state index contributed by atoms with van der Waals surface area (Å²) in [6, 6.07) is 6.14. The zero-order chi connectivity index (χ0) is 10.3. The van der Waals surface area contributed by atoms with Crippen LogP contribution in [0.25, 0.3) is 0 Å². The molecule has 2 rings (SSSR count). The Morgan fingerprint density at radius 2 is 2.07 bits per heavy atom. The maximum Gasteiger partial charge on any atom is 0.157 e. The Kier molecular flexibility index (Phi) is 1.96. The fraction of sp³-hybridized carbons (Fsp3) is 0.417. The van der Waals surface area contributed by atoms with E-state index in [1.807, 2.05) is 19.1 Å². The van der Waals surface area contributed by atoms with Crippen LogP contribution >= 0.6 is 0 Å². The van der Waals surface area contributed by atoms with E-state index in [0.717, 1.165) is 12.0 Å². The molecular formula is C12H15NO. The van der Waals surface area contributed by atoms with E-state index in [9.17, 15) is 4.79 Å². The number of nitrogens with two attached hydrogens (primary N) is 1. The largest absolute Gasteiger partial charge is 0.315 e. The molecule has 0 amide bonds. The average molecular weight is 189 g/mol. The van der Waals surface area contributed by atoms with E-state index in [1.54, 1.807) is 0 Å². The van der Waals surface area contributed by atoms with Gasteiger partial charge in [-0.05, 0) is 31.4 Å². The third-order valence-corrected chi connectivity index (χ3v) is 3.02. The number of carbonyl (C=O) groups excluding carboxylic acids is 1. The van der Waals surface area contributed by atoms with Gasteiger partial charge in [-0.25, -0.2) is 0 Å². The van der Waals surface area contributed by atoms with Gasteiger partial charge in [0, 0.05) is 6.42 Å². The Labute approximate surface area is 84.1 Å². The molecule has 14 heavy (non-hydrogen) atoms. The van der Waals surface area contributed by atoms with Crippen LogP contribution in [-0.4, -0.2) is 5.78 Å². The van der Waals surface area contributed by atoms with Crippen LogP contribution in [-0.2, 0) is 16.8 Å². The van der Waals surface area contributed by atoms with Gasteiger partial charge in [-0.2, -0.15) is 0 Å². The molecule has 0 saturated heterocycles. The minimum absolute atomic E-state index is 0.147. The predicted molar refractivity (Wildman–Crippen MR) is 56.0 cm³/mol. The molecule has 2 heteroatoms. The Morgan fingerprint density at radius 1 is 1.36 bits per heavy atom. The van der Waals surface area contributed by atoms with Crippen molar-refractivity contribution in [3.05, 3.63) is 34.9 Å². The van der Waals surface area contributed by atoms with E-state index in [1.165, 1.54) is 11.1 Å². The lowest BCUT2D eigenvalue weighted by Gasteiger charge is -2.30. The number of benzene rings is 1. The first-order valence-corrected chi connectivity index (χ1v) is 4.94. The van der Waals surface area contributed by atoms with Crippen molar-refractivity contribution in [2.45, 2.75) is 32.2 Å². The number of fused-ring (bicyclic) bond motifs is 1. The van der Waals surface area contributed by atoms with Crippen molar-refractivity contribution in [2.75, 3.05) is 0 Å². The summed E-state index contributed by atoms with van der Waals surface area (Å²) in [5.41, 5.74) is 8.72. The van der Waals surface area contributed by atoms with Crippen molar-refractivity contribution in [1.29, 1.82) is 0 Å². The van der Waals surface area contributed by atoms with Crippen molar-refractivity contribution in [3.8, 4) is 0 Å². The molecule has 0 bridgehead atoms. The molecule has 1 unspecified atom stereocenters. The molecule has 1 aliphatic rings. The summed E-state index contributed by atoms with van der Waals surface area (Å²) in [5.74, 6) is 0.147.